The molecule has 0 aromatic rings. The minimum absolute atomic E-state index is 0.224. The van der Waals surface area contributed by atoms with Gasteiger partial charge in [0.1, 0.15) is 5.60 Å². The first-order chi connectivity index (χ1) is 7.72. The number of ketones is 1. The zero-order valence-electron chi connectivity index (χ0n) is 11.0. The van der Waals surface area contributed by atoms with Crippen LogP contribution in [0.2, 0.25) is 0 Å². The monoisotopic (exact) mass is 239 g/mol. The lowest BCUT2D eigenvalue weighted by molar-refractivity contribution is -0.118. The molecule has 0 N–H and O–H groups in total. The van der Waals surface area contributed by atoms with E-state index in [1.54, 1.807) is 33.8 Å². The molecular weight excluding hydrogens is 218 g/mol. The predicted molar refractivity (Wildman–Crippen MR) is 67.8 cm³/mol. The van der Waals surface area contributed by atoms with Crippen molar-refractivity contribution in [1.82, 2.24) is 4.90 Å². The minimum Gasteiger partial charge on any atom is -0.444 e. The molecule has 1 atom stereocenters. The maximum Gasteiger partial charge on any atom is 0.411 e. The van der Waals surface area contributed by atoms with Crippen molar-refractivity contribution in [2.45, 2.75) is 39.3 Å². The molecule has 0 aliphatic rings. The number of amides is 1. The van der Waals surface area contributed by atoms with Crippen molar-refractivity contribution in [3.05, 3.63) is 25.3 Å². The lowest BCUT2D eigenvalue weighted by Gasteiger charge is -2.29. The Morgan fingerprint density at radius 3 is 2.24 bits per heavy atom. The summed E-state index contributed by atoms with van der Waals surface area (Å²) in [7, 11) is 0. The summed E-state index contributed by atoms with van der Waals surface area (Å²) in [5.41, 5.74) is -0.590. The van der Waals surface area contributed by atoms with E-state index in [1.165, 1.54) is 11.0 Å². The van der Waals surface area contributed by atoms with Gasteiger partial charge in [-0.15, -0.1) is 6.58 Å². The van der Waals surface area contributed by atoms with E-state index in [1.807, 2.05) is 0 Å². The summed E-state index contributed by atoms with van der Waals surface area (Å²) < 4.78 is 5.22. The van der Waals surface area contributed by atoms with Gasteiger partial charge in [0.25, 0.3) is 0 Å². The maximum absolute atomic E-state index is 11.9. The highest BCUT2D eigenvalue weighted by Gasteiger charge is 2.27. The third kappa shape index (κ3) is 5.33. The molecule has 4 nitrogen and oxygen atoms in total. The maximum atomic E-state index is 11.9. The predicted octanol–water partition coefficient (Wildman–Crippen LogP) is 2.55. The van der Waals surface area contributed by atoms with Gasteiger partial charge in [0, 0.05) is 6.54 Å². The van der Waals surface area contributed by atoms with E-state index in [9.17, 15) is 9.59 Å². The molecule has 0 bridgehead atoms. The molecule has 0 saturated heterocycles. The summed E-state index contributed by atoms with van der Waals surface area (Å²) in [6.45, 7) is 14.2. The van der Waals surface area contributed by atoms with Crippen molar-refractivity contribution in [2.75, 3.05) is 6.54 Å². The molecule has 0 aromatic heterocycles. The van der Waals surface area contributed by atoms with Crippen molar-refractivity contribution in [3.8, 4) is 0 Å². The molecule has 1 amide bonds. The lowest BCUT2D eigenvalue weighted by Crippen LogP contribution is -2.45. The second kappa shape index (κ2) is 6.23. The van der Waals surface area contributed by atoms with Crippen molar-refractivity contribution >= 4 is 11.9 Å². The number of carbonyl (C=O) groups excluding carboxylic acids is 2. The quantitative estimate of drug-likeness (QED) is 0.547. The van der Waals surface area contributed by atoms with E-state index in [-0.39, 0.29) is 12.3 Å². The van der Waals surface area contributed by atoms with Crippen molar-refractivity contribution < 1.29 is 14.3 Å². The normalized spacial score (nSPS) is 12.5. The van der Waals surface area contributed by atoms with Crippen LogP contribution in [0.3, 0.4) is 0 Å². The smallest absolute Gasteiger partial charge is 0.411 e. The van der Waals surface area contributed by atoms with E-state index in [2.05, 4.69) is 13.2 Å². The SMILES string of the molecule is C=CCN(C(=O)OC(C)(C)C)C(C)C(=O)C=C. The molecule has 0 saturated carbocycles. The Kier molecular flexibility index (Phi) is 5.65. The number of hydrogen-bond donors (Lipinski definition) is 0. The molecule has 0 aromatic carbocycles. The highest BCUT2D eigenvalue weighted by Crippen LogP contribution is 2.12. The van der Waals surface area contributed by atoms with Crippen LogP contribution in [0.25, 0.3) is 0 Å². The molecule has 1 unspecified atom stereocenters. The van der Waals surface area contributed by atoms with Crippen LogP contribution in [0.5, 0.6) is 0 Å². The van der Waals surface area contributed by atoms with Gasteiger partial charge in [-0.1, -0.05) is 12.7 Å². The standard InChI is InChI=1S/C13H21NO3/c1-7-9-14(10(3)11(15)8-2)12(16)17-13(4,5)6/h7-8,10H,1-2,9H2,3-6H3. The zero-order valence-corrected chi connectivity index (χ0v) is 11.0. The molecule has 0 aliphatic heterocycles. The molecular formula is C13H21NO3. The highest BCUT2D eigenvalue weighted by atomic mass is 16.6. The van der Waals surface area contributed by atoms with E-state index in [0.29, 0.717) is 0 Å². The van der Waals surface area contributed by atoms with Crippen molar-refractivity contribution in [1.29, 1.82) is 0 Å². The van der Waals surface area contributed by atoms with E-state index in [0.717, 1.165) is 0 Å². The van der Waals surface area contributed by atoms with Gasteiger partial charge >= 0.3 is 6.09 Å². The fourth-order valence-electron chi connectivity index (χ4n) is 1.17. The Balaban J connectivity index is 4.84. The first-order valence-corrected chi connectivity index (χ1v) is 5.49. The Morgan fingerprint density at radius 2 is 1.88 bits per heavy atom. The Bertz CT molecular complexity index is 315. The van der Waals surface area contributed by atoms with Gasteiger partial charge in [0.2, 0.25) is 0 Å². The summed E-state index contributed by atoms with van der Waals surface area (Å²) in [4.78, 5) is 24.7. The average Bonchev–Trinajstić information content (AvgIpc) is 2.21. The summed E-state index contributed by atoms with van der Waals surface area (Å²) in [6.07, 6.45) is 2.22. The van der Waals surface area contributed by atoms with Crippen LogP contribution < -0.4 is 0 Å². The molecule has 0 rings (SSSR count). The first kappa shape index (κ1) is 15.4. The third-order valence-electron chi connectivity index (χ3n) is 2.03. The molecule has 0 radical (unpaired) electrons. The zero-order chi connectivity index (χ0) is 13.6. The summed E-state index contributed by atoms with van der Waals surface area (Å²) in [5.74, 6) is -0.224. The molecule has 0 spiro atoms. The molecule has 17 heavy (non-hydrogen) atoms. The van der Waals surface area contributed by atoms with Crippen LogP contribution in [-0.2, 0) is 9.53 Å². The summed E-state index contributed by atoms with van der Waals surface area (Å²) >= 11 is 0. The van der Waals surface area contributed by atoms with Crippen LogP contribution in [0.4, 0.5) is 4.79 Å². The van der Waals surface area contributed by atoms with Gasteiger partial charge in [-0.3, -0.25) is 9.69 Å². The van der Waals surface area contributed by atoms with Crippen LogP contribution >= 0.6 is 0 Å². The Morgan fingerprint density at radius 1 is 1.35 bits per heavy atom. The van der Waals surface area contributed by atoms with Crippen LogP contribution in [0.15, 0.2) is 25.3 Å². The van der Waals surface area contributed by atoms with Crippen LogP contribution in [0, 0.1) is 0 Å². The summed E-state index contributed by atoms with van der Waals surface area (Å²) in [5, 5.41) is 0. The number of ether oxygens (including phenoxy) is 1. The fourth-order valence-corrected chi connectivity index (χ4v) is 1.17. The molecule has 0 heterocycles. The van der Waals surface area contributed by atoms with Crippen LogP contribution in [-0.4, -0.2) is 35.0 Å². The molecule has 0 aliphatic carbocycles. The van der Waals surface area contributed by atoms with Gasteiger partial charge in [-0.05, 0) is 33.8 Å². The Labute approximate surface area is 103 Å². The second-order valence-electron chi connectivity index (χ2n) is 4.70. The third-order valence-corrected chi connectivity index (χ3v) is 2.03. The Hall–Kier alpha value is -1.58. The van der Waals surface area contributed by atoms with Gasteiger partial charge in [0.15, 0.2) is 5.78 Å². The number of carbonyl (C=O) groups is 2. The average molecular weight is 239 g/mol. The molecule has 4 heteroatoms. The number of rotatable bonds is 5. The van der Waals surface area contributed by atoms with Gasteiger partial charge < -0.3 is 4.74 Å². The number of hydrogen-bond acceptors (Lipinski definition) is 3. The number of nitrogens with zero attached hydrogens (tertiary/aromatic N) is 1. The molecule has 96 valence electrons. The van der Waals surface area contributed by atoms with E-state index in [4.69, 9.17) is 4.74 Å². The molecule has 0 fully saturated rings. The topological polar surface area (TPSA) is 46.6 Å². The van der Waals surface area contributed by atoms with Gasteiger partial charge in [0.05, 0.1) is 6.04 Å². The van der Waals surface area contributed by atoms with Crippen molar-refractivity contribution in [2.24, 2.45) is 0 Å². The van der Waals surface area contributed by atoms with Crippen LogP contribution in [0.1, 0.15) is 27.7 Å². The fraction of sp³-hybridized carbons (Fsp3) is 0.538. The van der Waals surface area contributed by atoms with Gasteiger partial charge in [-0.2, -0.15) is 0 Å². The van der Waals surface area contributed by atoms with E-state index < -0.39 is 17.7 Å². The van der Waals surface area contributed by atoms with Gasteiger partial charge in [-0.25, -0.2) is 4.79 Å². The highest BCUT2D eigenvalue weighted by molar-refractivity contribution is 5.95. The minimum atomic E-state index is -0.597. The summed E-state index contributed by atoms with van der Waals surface area (Å²) in [6, 6.07) is -0.597. The lowest BCUT2D eigenvalue weighted by atomic mass is 10.2. The first-order valence-electron chi connectivity index (χ1n) is 5.49. The van der Waals surface area contributed by atoms with Crippen molar-refractivity contribution in [3.63, 3.8) is 0 Å². The van der Waals surface area contributed by atoms with E-state index >= 15 is 0 Å². The second-order valence-corrected chi connectivity index (χ2v) is 4.70. The largest absolute Gasteiger partial charge is 0.444 e.